The Morgan fingerprint density at radius 3 is 2.82 bits per heavy atom. The Bertz CT molecular complexity index is 1260. The number of carbonyl (C=O) groups excluding carboxylic acids is 1. The highest BCUT2D eigenvalue weighted by Gasteiger charge is 2.39. The molecule has 176 valence electrons. The monoisotopic (exact) mass is 464 g/mol. The molecular weight excluding hydrogens is 439 g/mol. The number of aromatic nitrogens is 4. The largest absolute Gasteiger partial charge is 0.485 e. The number of rotatable bonds is 6. The van der Waals surface area contributed by atoms with Gasteiger partial charge in [0.25, 0.3) is 0 Å². The first-order valence-corrected chi connectivity index (χ1v) is 11.5. The van der Waals surface area contributed by atoms with Crippen LogP contribution in [0.5, 0.6) is 5.75 Å². The minimum absolute atomic E-state index is 0.00983. The number of carbonyl (C=O) groups is 1. The highest BCUT2D eigenvalue weighted by atomic mass is 19.1. The van der Waals surface area contributed by atoms with Crippen LogP contribution in [-0.4, -0.2) is 44.4 Å². The highest BCUT2D eigenvalue weighted by Crippen LogP contribution is 2.43. The van der Waals surface area contributed by atoms with Crippen LogP contribution < -0.4 is 15.0 Å². The van der Waals surface area contributed by atoms with Crippen molar-refractivity contribution >= 4 is 17.9 Å². The van der Waals surface area contributed by atoms with Crippen LogP contribution in [0.1, 0.15) is 55.6 Å². The molecule has 3 atom stereocenters. The van der Waals surface area contributed by atoms with Crippen molar-refractivity contribution in [2.45, 2.75) is 57.5 Å². The van der Waals surface area contributed by atoms with Gasteiger partial charge < -0.3 is 14.8 Å². The molecule has 2 aliphatic heterocycles. The van der Waals surface area contributed by atoms with Crippen LogP contribution in [-0.2, 0) is 11.3 Å². The van der Waals surface area contributed by atoms with E-state index < -0.39 is 18.3 Å². The van der Waals surface area contributed by atoms with Gasteiger partial charge in [-0.2, -0.15) is 4.98 Å². The van der Waals surface area contributed by atoms with Gasteiger partial charge in [-0.15, -0.1) is 0 Å². The van der Waals surface area contributed by atoms with Gasteiger partial charge in [-0.1, -0.05) is 6.07 Å². The van der Waals surface area contributed by atoms with Gasteiger partial charge in [-0.25, -0.2) is 19.2 Å². The summed E-state index contributed by atoms with van der Waals surface area (Å²) in [5.41, 5.74) is 4.09. The lowest BCUT2D eigenvalue weighted by Crippen LogP contribution is -2.39. The van der Waals surface area contributed by atoms with Crippen LogP contribution in [0, 0.1) is 0 Å². The number of amides is 1. The predicted octanol–water partition coefficient (Wildman–Crippen LogP) is 4.29. The molecule has 0 spiro atoms. The lowest BCUT2D eigenvalue weighted by molar-refractivity contribution is 0.174. The highest BCUT2D eigenvalue weighted by molar-refractivity contribution is 5.89. The van der Waals surface area contributed by atoms with Gasteiger partial charge in [0.05, 0.1) is 23.1 Å². The minimum atomic E-state index is -1.25. The number of benzene rings is 1. The van der Waals surface area contributed by atoms with Gasteiger partial charge in [-0.05, 0) is 56.4 Å². The Kier molecular flexibility index (Phi) is 4.89. The molecule has 2 aromatic heterocycles. The first-order chi connectivity index (χ1) is 16.5. The predicted molar refractivity (Wildman–Crippen MR) is 122 cm³/mol. The van der Waals surface area contributed by atoms with E-state index in [0.29, 0.717) is 18.5 Å². The summed E-state index contributed by atoms with van der Waals surface area (Å²) >= 11 is 0. The van der Waals surface area contributed by atoms with Gasteiger partial charge in [-0.3, -0.25) is 9.47 Å². The number of ether oxygens (including phenoxy) is 2. The fourth-order valence-electron chi connectivity index (χ4n) is 4.61. The maximum absolute atomic E-state index is 14.0. The van der Waals surface area contributed by atoms with Gasteiger partial charge in [0, 0.05) is 6.20 Å². The van der Waals surface area contributed by atoms with Crippen LogP contribution in [0.25, 0.3) is 5.69 Å². The number of anilines is 2. The quantitative estimate of drug-likeness (QED) is 0.582. The van der Waals surface area contributed by atoms with Crippen LogP contribution >= 0.6 is 0 Å². The van der Waals surface area contributed by atoms with Crippen molar-refractivity contribution in [1.29, 1.82) is 0 Å². The first-order valence-electron chi connectivity index (χ1n) is 11.5. The summed E-state index contributed by atoms with van der Waals surface area (Å²) < 4.78 is 27.2. The van der Waals surface area contributed by atoms with Gasteiger partial charge in [0.1, 0.15) is 43.3 Å². The van der Waals surface area contributed by atoms with E-state index in [0.717, 1.165) is 22.8 Å². The number of imidazole rings is 1. The van der Waals surface area contributed by atoms with Crippen LogP contribution in [0.3, 0.4) is 0 Å². The number of hydrogen-bond donors (Lipinski definition) is 1. The molecular formula is C24H25FN6O3. The van der Waals surface area contributed by atoms with E-state index in [4.69, 9.17) is 9.47 Å². The molecule has 3 aromatic rings. The number of fused-ring (bicyclic) bond motifs is 3. The number of cyclic esters (lactones) is 1. The first kappa shape index (κ1) is 20.9. The second-order valence-corrected chi connectivity index (χ2v) is 9.03. The van der Waals surface area contributed by atoms with E-state index >= 15 is 0 Å². The summed E-state index contributed by atoms with van der Waals surface area (Å²) in [5.74, 6) is 2.14. The molecule has 1 aliphatic carbocycles. The molecule has 10 heteroatoms. The fraction of sp³-hybridized carbons (Fsp3) is 0.417. The van der Waals surface area contributed by atoms with Gasteiger partial charge >= 0.3 is 6.09 Å². The Morgan fingerprint density at radius 1 is 1.18 bits per heavy atom. The molecule has 1 saturated carbocycles. The molecule has 2 fully saturated rings. The molecule has 0 radical (unpaired) electrons. The van der Waals surface area contributed by atoms with Crippen molar-refractivity contribution in [1.82, 2.24) is 19.5 Å². The van der Waals surface area contributed by atoms with Gasteiger partial charge in [0.15, 0.2) is 0 Å². The zero-order valence-electron chi connectivity index (χ0n) is 18.9. The molecule has 9 nitrogen and oxygen atoms in total. The lowest BCUT2D eigenvalue weighted by atomic mass is 10.1. The number of nitrogens with one attached hydrogen (secondary N) is 1. The molecule has 0 unspecified atom stereocenters. The molecule has 0 bridgehead atoms. The van der Waals surface area contributed by atoms with Crippen molar-refractivity contribution in [3.8, 4) is 11.4 Å². The van der Waals surface area contributed by atoms with Crippen molar-refractivity contribution in [3.63, 3.8) is 0 Å². The topological polar surface area (TPSA) is 94.4 Å². The van der Waals surface area contributed by atoms with Crippen molar-refractivity contribution < 1.29 is 18.7 Å². The van der Waals surface area contributed by atoms with E-state index in [-0.39, 0.29) is 18.5 Å². The Balaban J connectivity index is 1.24. The number of hydrogen-bond acceptors (Lipinski definition) is 7. The summed E-state index contributed by atoms with van der Waals surface area (Å²) in [6.45, 7) is 3.77. The third-order valence-electron chi connectivity index (χ3n) is 6.63. The summed E-state index contributed by atoms with van der Waals surface area (Å²) in [5, 5.41) is 3.25. The van der Waals surface area contributed by atoms with E-state index in [1.54, 1.807) is 6.07 Å². The molecule has 1 saturated heterocycles. The molecule has 6 rings (SSSR count). The van der Waals surface area contributed by atoms with Crippen LogP contribution in [0.4, 0.5) is 21.0 Å². The van der Waals surface area contributed by atoms with Crippen LogP contribution in [0.15, 0.2) is 36.8 Å². The molecule has 4 heterocycles. The smallest absolute Gasteiger partial charge is 0.416 e. The number of alkyl halides is 1. The maximum Gasteiger partial charge on any atom is 0.416 e. The zero-order valence-corrected chi connectivity index (χ0v) is 18.9. The molecule has 3 aliphatic rings. The van der Waals surface area contributed by atoms with E-state index in [1.165, 1.54) is 36.4 Å². The third-order valence-corrected chi connectivity index (χ3v) is 6.63. The van der Waals surface area contributed by atoms with E-state index in [9.17, 15) is 9.18 Å². The van der Waals surface area contributed by atoms with E-state index in [1.807, 2.05) is 13.3 Å². The summed E-state index contributed by atoms with van der Waals surface area (Å²) in [6.07, 6.45) is 3.97. The summed E-state index contributed by atoms with van der Waals surface area (Å²) in [6, 6.07) is 7.03. The van der Waals surface area contributed by atoms with Crippen molar-refractivity contribution in [3.05, 3.63) is 53.7 Å². The lowest BCUT2D eigenvalue weighted by Gasteiger charge is -2.23. The molecule has 34 heavy (non-hydrogen) atoms. The Hall–Kier alpha value is -3.69. The minimum Gasteiger partial charge on any atom is -0.485 e. The van der Waals surface area contributed by atoms with Crippen molar-refractivity contribution in [2.75, 3.05) is 16.8 Å². The van der Waals surface area contributed by atoms with Gasteiger partial charge in [0.2, 0.25) is 5.95 Å². The normalized spacial score (nSPS) is 20.7. The third kappa shape index (κ3) is 3.53. The molecule has 1 aromatic carbocycles. The average Bonchev–Trinajstić information content (AvgIpc) is 3.47. The summed E-state index contributed by atoms with van der Waals surface area (Å²) in [4.78, 5) is 26.8. The number of nitrogens with zero attached hydrogens (tertiary/aromatic N) is 5. The standard InChI is InChI=1S/C24H25FN6O3/c1-13(25)18-10-34-24(32)31(18)21-7-8-26-23(29-21)28-14(2)22-19-11-33-20-9-16(15-3-4-15)5-6-17(20)30(19)12-27-22/h5-9,12-15,18H,3-4,10-11H2,1-2H3,(H,26,28,29)/t13-,14-,18+/m0/s1. The second-order valence-electron chi connectivity index (χ2n) is 9.03. The zero-order chi connectivity index (χ0) is 23.4. The Labute approximate surface area is 195 Å². The Morgan fingerprint density at radius 2 is 2.03 bits per heavy atom. The average molecular weight is 465 g/mol. The second kappa shape index (κ2) is 7.96. The van der Waals surface area contributed by atoms with E-state index in [2.05, 4.69) is 43.0 Å². The fourth-order valence-corrected chi connectivity index (χ4v) is 4.61. The summed E-state index contributed by atoms with van der Waals surface area (Å²) in [7, 11) is 0. The molecule has 1 N–H and O–H groups in total. The maximum atomic E-state index is 14.0. The van der Waals surface area contributed by atoms with Crippen LogP contribution in [0.2, 0.25) is 0 Å². The molecule has 1 amide bonds. The SMILES string of the molecule is C[C@H](Nc1nccc(N2C(=O)OC[C@@H]2[C@H](C)F)n1)c1ncn2c1COc1cc(C3CC3)ccc1-2. The number of halogens is 1. The van der Waals surface area contributed by atoms with Crippen molar-refractivity contribution in [2.24, 2.45) is 0 Å².